The van der Waals surface area contributed by atoms with Gasteiger partial charge in [0.25, 0.3) is 5.91 Å². The number of aromatic nitrogens is 1. The number of carboxylic acids is 1. The molecule has 34 heavy (non-hydrogen) atoms. The van der Waals surface area contributed by atoms with Gasteiger partial charge < -0.3 is 24.6 Å². The minimum Gasteiger partial charge on any atom is -0.480 e. The third kappa shape index (κ3) is 4.01. The van der Waals surface area contributed by atoms with Crippen LogP contribution in [0.15, 0.2) is 59.3 Å². The van der Waals surface area contributed by atoms with Gasteiger partial charge in [-0.1, -0.05) is 53.7 Å². The minimum absolute atomic E-state index is 0.0667. The van der Waals surface area contributed by atoms with Crippen molar-refractivity contribution >= 4 is 29.7 Å². The van der Waals surface area contributed by atoms with Gasteiger partial charge in [-0.3, -0.25) is 4.79 Å². The molecule has 9 nitrogen and oxygen atoms in total. The van der Waals surface area contributed by atoms with Crippen LogP contribution in [0.3, 0.4) is 0 Å². The van der Waals surface area contributed by atoms with E-state index in [4.69, 9.17) is 9.26 Å². The average Bonchev–Trinajstić information content (AvgIpc) is 3.59. The lowest BCUT2D eigenvalue weighted by molar-refractivity contribution is -0.140. The topological polar surface area (TPSA) is 122 Å². The number of ether oxygens (including phenoxy) is 1. The van der Waals surface area contributed by atoms with Crippen LogP contribution in [0.2, 0.25) is 0 Å². The van der Waals surface area contributed by atoms with Gasteiger partial charge >= 0.3 is 12.1 Å². The maximum absolute atomic E-state index is 12.8. The zero-order valence-corrected chi connectivity index (χ0v) is 18.8. The molecule has 0 bridgehead atoms. The Morgan fingerprint density at radius 1 is 1.12 bits per heavy atom. The van der Waals surface area contributed by atoms with Crippen LogP contribution in [0.4, 0.5) is 4.79 Å². The number of carboxylic acid groups (broad SMARTS) is 1. The number of benzene rings is 2. The first-order valence-corrected chi connectivity index (χ1v) is 11.8. The molecule has 0 saturated carbocycles. The molecular formula is C24H21N3O6S. The van der Waals surface area contributed by atoms with Crippen molar-refractivity contribution in [1.82, 2.24) is 15.4 Å². The van der Waals surface area contributed by atoms with Gasteiger partial charge in [-0.15, -0.1) is 11.8 Å². The van der Waals surface area contributed by atoms with Gasteiger partial charge in [0.2, 0.25) is 0 Å². The molecule has 2 aromatic carbocycles. The maximum atomic E-state index is 12.8. The molecule has 2 aliphatic rings. The van der Waals surface area contributed by atoms with E-state index < -0.39 is 24.0 Å². The van der Waals surface area contributed by atoms with Crippen LogP contribution >= 0.6 is 11.8 Å². The molecule has 0 unspecified atom stereocenters. The maximum Gasteiger partial charge on any atom is 0.407 e. The molecule has 1 aliphatic heterocycles. The first kappa shape index (κ1) is 22.0. The number of rotatable bonds is 6. The summed E-state index contributed by atoms with van der Waals surface area (Å²) >= 11 is 1.36. The summed E-state index contributed by atoms with van der Waals surface area (Å²) in [4.78, 5) is 37.9. The van der Waals surface area contributed by atoms with Crippen molar-refractivity contribution in [3.63, 3.8) is 0 Å². The molecule has 0 radical (unpaired) electrons. The van der Waals surface area contributed by atoms with Crippen molar-refractivity contribution in [2.24, 2.45) is 0 Å². The van der Waals surface area contributed by atoms with Gasteiger partial charge in [-0.2, -0.15) is 0 Å². The van der Waals surface area contributed by atoms with Gasteiger partial charge in [-0.05, 0) is 22.3 Å². The zero-order valence-electron chi connectivity index (χ0n) is 18.0. The van der Waals surface area contributed by atoms with E-state index >= 15 is 0 Å². The van der Waals surface area contributed by atoms with Gasteiger partial charge in [-0.25, -0.2) is 9.59 Å². The molecule has 1 fully saturated rings. The number of alkyl carbamates (subject to hydrolysis) is 1. The Balaban J connectivity index is 1.21. The highest BCUT2D eigenvalue weighted by Crippen LogP contribution is 2.44. The number of carbonyl (C=O) groups is 3. The van der Waals surface area contributed by atoms with Crippen molar-refractivity contribution in [1.29, 1.82) is 0 Å². The largest absolute Gasteiger partial charge is 0.480 e. The summed E-state index contributed by atoms with van der Waals surface area (Å²) in [5.74, 6) is -1.04. The standard InChI is InChI=1S/C24H21N3O6S/c28-22(27-13-34-12-21(27)23(29)30)19-11-33-26-20(19)9-25-24(31)32-10-18-16-7-3-1-5-14(16)15-6-2-4-8-17(15)18/h1-8,11,18,21H,9-10,12-13H2,(H,25,31)(H,29,30)/t21-/m0/s1. The van der Waals surface area contributed by atoms with Crippen molar-refractivity contribution in [2.75, 3.05) is 18.2 Å². The SMILES string of the molecule is O=C(NCc1nocc1C(=O)N1CSC[C@H]1C(=O)O)OCC1c2ccccc2-c2ccccc21. The number of amides is 2. The Bertz CT molecular complexity index is 1210. The molecular weight excluding hydrogens is 458 g/mol. The van der Waals surface area contributed by atoms with E-state index in [0.29, 0.717) is 5.75 Å². The van der Waals surface area contributed by atoms with E-state index in [1.807, 2.05) is 36.4 Å². The van der Waals surface area contributed by atoms with Crippen LogP contribution < -0.4 is 5.32 Å². The Morgan fingerprint density at radius 3 is 2.47 bits per heavy atom. The first-order chi connectivity index (χ1) is 16.5. The molecule has 2 N–H and O–H groups in total. The minimum atomic E-state index is -1.06. The van der Waals surface area contributed by atoms with Crippen LogP contribution in [0.5, 0.6) is 0 Å². The molecule has 1 atom stereocenters. The van der Waals surface area contributed by atoms with Crippen molar-refractivity contribution in [2.45, 2.75) is 18.5 Å². The van der Waals surface area contributed by atoms with Crippen LogP contribution in [0, 0.1) is 0 Å². The highest BCUT2D eigenvalue weighted by molar-refractivity contribution is 7.99. The lowest BCUT2D eigenvalue weighted by atomic mass is 9.98. The summed E-state index contributed by atoms with van der Waals surface area (Å²) in [6.45, 7) is 0.0721. The van der Waals surface area contributed by atoms with Gasteiger partial charge in [0.15, 0.2) is 0 Å². The number of carbonyl (C=O) groups excluding carboxylic acids is 2. The normalized spacial score (nSPS) is 16.7. The predicted octanol–water partition coefficient (Wildman–Crippen LogP) is 3.31. The average molecular weight is 480 g/mol. The second-order valence-corrected chi connectivity index (χ2v) is 8.98. The lowest BCUT2D eigenvalue weighted by Gasteiger charge is -2.20. The van der Waals surface area contributed by atoms with Gasteiger partial charge in [0, 0.05) is 11.7 Å². The summed E-state index contributed by atoms with van der Waals surface area (Å²) in [6.07, 6.45) is 0.516. The Hall–Kier alpha value is -3.79. The number of thioether (sulfide) groups is 1. The van der Waals surface area contributed by atoms with Crippen LogP contribution in [0.25, 0.3) is 11.1 Å². The van der Waals surface area contributed by atoms with Gasteiger partial charge in [0.1, 0.15) is 30.2 Å². The van der Waals surface area contributed by atoms with E-state index in [-0.39, 0.29) is 36.2 Å². The molecule has 1 aromatic heterocycles. The number of nitrogens with one attached hydrogen (secondary N) is 1. The summed E-state index contributed by atoms with van der Waals surface area (Å²) in [5, 5.41) is 15.7. The molecule has 1 saturated heterocycles. The highest BCUT2D eigenvalue weighted by atomic mass is 32.2. The molecule has 5 rings (SSSR count). The summed E-state index contributed by atoms with van der Waals surface area (Å²) in [7, 11) is 0. The van der Waals surface area contributed by atoms with E-state index in [9.17, 15) is 19.5 Å². The molecule has 0 spiro atoms. The fraction of sp³-hybridized carbons (Fsp3) is 0.250. The van der Waals surface area contributed by atoms with E-state index in [0.717, 1.165) is 22.3 Å². The third-order valence-corrected chi connectivity index (χ3v) is 7.06. The number of fused-ring (bicyclic) bond motifs is 3. The van der Waals surface area contributed by atoms with Gasteiger partial charge in [0.05, 0.1) is 12.4 Å². The van der Waals surface area contributed by atoms with E-state index in [2.05, 4.69) is 22.6 Å². The number of aliphatic carboxylic acids is 1. The fourth-order valence-electron chi connectivity index (χ4n) is 4.37. The Labute approximate surface area is 199 Å². The summed E-state index contributed by atoms with van der Waals surface area (Å²) in [5.41, 5.74) is 4.82. The molecule has 174 valence electrons. The number of nitrogens with zero attached hydrogens (tertiary/aromatic N) is 2. The summed E-state index contributed by atoms with van der Waals surface area (Å²) < 4.78 is 10.4. The number of hydrogen-bond acceptors (Lipinski definition) is 7. The summed E-state index contributed by atoms with van der Waals surface area (Å²) in [6, 6.07) is 15.2. The second kappa shape index (κ2) is 9.22. The smallest absolute Gasteiger partial charge is 0.407 e. The number of hydrogen-bond donors (Lipinski definition) is 2. The quantitative estimate of drug-likeness (QED) is 0.552. The second-order valence-electron chi connectivity index (χ2n) is 7.98. The lowest BCUT2D eigenvalue weighted by Crippen LogP contribution is -2.42. The Morgan fingerprint density at radius 2 is 1.79 bits per heavy atom. The van der Waals surface area contributed by atoms with E-state index in [1.165, 1.54) is 22.9 Å². The third-order valence-electron chi connectivity index (χ3n) is 6.05. The molecule has 3 aromatic rings. The Kier molecular flexibility index (Phi) is 5.97. The van der Waals surface area contributed by atoms with Crippen molar-refractivity contribution in [3.05, 3.63) is 77.2 Å². The first-order valence-electron chi connectivity index (χ1n) is 10.7. The molecule has 2 heterocycles. The molecule has 1 aliphatic carbocycles. The molecule has 2 amide bonds. The zero-order chi connectivity index (χ0) is 23.7. The van der Waals surface area contributed by atoms with Crippen LogP contribution in [-0.4, -0.2) is 57.4 Å². The van der Waals surface area contributed by atoms with Crippen molar-refractivity contribution in [3.8, 4) is 11.1 Å². The fourth-order valence-corrected chi connectivity index (χ4v) is 5.51. The molecule has 10 heteroatoms. The van der Waals surface area contributed by atoms with Crippen LogP contribution in [-0.2, 0) is 16.1 Å². The predicted molar refractivity (Wildman–Crippen MR) is 123 cm³/mol. The van der Waals surface area contributed by atoms with Crippen molar-refractivity contribution < 1.29 is 28.8 Å². The van der Waals surface area contributed by atoms with Crippen LogP contribution in [0.1, 0.15) is 33.1 Å². The monoisotopic (exact) mass is 479 g/mol. The van der Waals surface area contributed by atoms with E-state index in [1.54, 1.807) is 0 Å². The highest BCUT2D eigenvalue weighted by Gasteiger charge is 2.36.